The standard InChI is InChI=1S/C16H17FN4O2/c1-8-13(9(2)23-20-8)16(3,4)15(22)21-12-6-5-10(17)7-11(12)14(18)19-21/h5-7H,1-4H3,(H2,18,19). The highest BCUT2D eigenvalue weighted by molar-refractivity contribution is 6.00. The molecule has 0 atom stereocenters. The van der Waals surface area contributed by atoms with E-state index >= 15 is 0 Å². The van der Waals surface area contributed by atoms with Crippen molar-refractivity contribution >= 4 is 22.6 Å². The average molecular weight is 316 g/mol. The van der Waals surface area contributed by atoms with Crippen LogP contribution in [0.1, 0.15) is 35.7 Å². The van der Waals surface area contributed by atoms with E-state index in [0.29, 0.717) is 27.9 Å². The summed E-state index contributed by atoms with van der Waals surface area (Å²) in [4.78, 5) is 13.1. The highest BCUT2D eigenvalue weighted by atomic mass is 19.1. The fourth-order valence-electron chi connectivity index (χ4n) is 3.02. The van der Waals surface area contributed by atoms with Gasteiger partial charge < -0.3 is 10.3 Å². The first-order valence-corrected chi connectivity index (χ1v) is 7.15. The molecule has 3 aromatic rings. The number of aryl methyl sites for hydroxylation is 2. The number of rotatable bonds is 2. The van der Waals surface area contributed by atoms with E-state index in [1.54, 1.807) is 27.7 Å². The summed E-state index contributed by atoms with van der Waals surface area (Å²) in [5, 5.41) is 8.41. The third-order valence-corrected chi connectivity index (χ3v) is 4.06. The van der Waals surface area contributed by atoms with Crippen LogP contribution in [0.25, 0.3) is 10.9 Å². The molecule has 120 valence electrons. The molecule has 0 bridgehead atoms. The first-order chi connectivity index (χ1) is 10.7. The molecule has 23 heavy (non-hydrogen) atoms. The van der Waals surface area contributed by atoms with Crippen LogP contribution in [0.5, 0.6) is 0 Å². The maximum absolute atomic E-state index is 13.4. The predicted octanol–water partition coefficient (Wildman–Crippen LogP) is 2.98. The zero-order valence-corrected chi connectivity index (χ0v) is 13.3. The van der Waals surface area contributed by atoms with Gasteiger partial charge in [0.25, 0.3) is 5.91 Å². The van der Waals surface area contributed by atoms with Crippen molar-refractivity contribution in [1.29, 1.82) is 0 Å². The van der Waals surface area contributed by atoms with Crippen molar-refractivity contribution < 1.29 is 13.7 Å². The summed E-state index contributed by atoms with van der Waals surface area (Å²) in [5.41, 5.74) is 6.73. The molecular weight excluding hydrogens is 299 g/mol. The molecule has 3 rings (SSSR count). The Bertz CT molecular complexity index is 904. The molecule has 2 N–H and O–H groups in total. The van der Waals surface area contributed by atoms with Crippen LogP contribution in [0.3, 0.4) is 0 Å². The molecule has 1 aromatic carbocycles. The van der Waals surface area contributed by atoms with Crippen molar-refractivity contribution in [3.63, 3.8) is 0 Å². The van der Waals surface area contributed by atoms with E-state index < -0.39 is 11.2 Å². The molecule has 0 radical (unpaired) electrons. The zero-order valence-electron chi connectivity index (χ0n) is 13.3. The molecule has 6 nitrogen and oxygen atoms in total. The van der Waals surface area contributed by atoms with Gasteiger partial charge in [-0.15, -0.1) is 5.10 Å². The van der Waals surface area contributed by atoms with E-state index in [1.807, 2.05) is 0 Å². The number of nitrogens with zero attached hydrogens (tertiary/aromatic N) is 3. The lowest BCUT2D eigenvalue weighted by Gasteiger charge is -2.22. The smallest absolute Gasteiger partial charge is 0.257 e. The normalized spacial score (nSPS) is 12.0. The number of aromatic nitrogens is 3. The van der Waals surface area contributed by atoms with E-state index in [4.69, 9.17) is 10.3 Å². The van der Waals surface area contributed by atoms with Crippen molar-refractivity contribution in [3.05, 3.63) is 41.0 Å². The van der Waals surface area contributed by atoms with Crippen molar-refractivity contribution in [2.75, 3.05) is 5.73 Å². The molecule has 0 saturated carbocycles. The number of carbonyl (C=O) groups is 1. The number of benzene rings is 1. The van der Waals surface area contributed by atoms with Crippen LogP contribution >= 0.6 is 0 Å². The number of nitrogen functional groups attached to an aromatic ring is 1. The van der Waals surface area contributed by atoms with Gasteiger partial charge >= 0.3 is 0 Å². The Morgan fingerprint density at radius 1 is 1.35 bits per heavy atom. The molecule has 0 saturated heterocycles. The number of halogens is 1. The van der Waals surface area contributed by atoms with Gasteiger partial charge in [0.05, 0.1) is 16.6 Å². The summed E-state index contributed by atoms with van der Waals surface area (Å²) in [6.45, 7) is 7.09. The van der Waals surface area contributed by atoms with Gasteiger partial charge in [-0.05, 0) is 45.9 Å². The maximum Gasteiger partial charge on any atom is 0.257 e. The van der Waals surface area contributed by atoms with Crippen LogP contribution in [-0.2, 0) is 5.41 Å². The molecule has 0 aliphatic heterocycles. The minimum atomic E-state index is -0.923. The third-order valence-electron chi connectivity index (χ3n) is 4.06. The molecule has 0 unspecified atom stereocenters. The fourth-order valence-corrected chi connectivity index (χ4v) is 3.02. The zero-order chi connectivity index (χ0) is 16.9. The molecule has 2 heterocycles. The lowest BCUT2D eigenvalue weighted by Crippen LogP contribution is -2.35. The lowest BCUT2D eigenvalue weighted by molar-refractivity contribution is 0.0809. The van der Waals surface area contributed by atoms with E-state index in [1.165, 1.54) is 22.9 Å². The predicted molar refractivity (Wildman–Crippen MR) is 83.7 cm³/mol. The van der Waals surface area contributed by atoms with Crippen molar-refractivity contribution in [3.8, 4) is 0 Å². The number of hydrogen-bond donors (Lipinski definition) is 1. The van der Waals surface area contributed by atoms with Gasteiger partial charge in [0.2, 0.25) is 0 Å². The van der Waals surface area contributed by atoms with Crippen molar-refractivity contribution in [2.24, 2.45) is 0 Å². The topological polar surface area (TPSA) is 86.9 Å². The number of carbonyl (C=O) groups excluding carboxylic acids is 1. The minimum absolute atomic E-state index is 0.113. The van der Waals surface area contributed by atoms with Crippen LogP contribution in [-0.4, -0.2) is 20.8 Å². The maximum atomic E-state index is 13.4. The summed E-state index contributed by atoms with van der Waals surface area (Å²) in [6, 6.07) is 4.04. The molecule has 0 spiro atoms. The Labute approximate surface area is 132 Å². The first-order valence-electron chi connectivity index (χ1n) is 7.15. The van der Waals surface area contributed by atoms with Crippen molar-refractivity contribution in [2.45, 2.75) is 33.1 Å². The van der Waals surface area contributed by atoms with Gasteiger partial charge in [-0.2, -0.15) is 4.68 Å². The fraction of sp³-hybridized carbons (Fsp3) is 0.312. The second kappa shape index (κ2) is 4.91. The summed E-state index contributed by atoms with van der Waals surface area (Å²) in [6.07, 6.45) is 0. The first kappa shape index (κ1) is 15.2. The molecule has 0 aliphatic carbocycles. The van der Waals surface area contributed by atoms with Gasteiger partial charge in [0, 0.05) is 10.9 Å². The Morgan fingerprint density at radius 2 is 2.04 bits per heavy atom. The van der Waals surface area contributed by atoms with E-state index in [0.717, 1.165) is 0 Å². The highest BCUT2D eigenvalue weighted by Gasteiger charge is 2.37. The Balaban J connectivity index is 2.17. The quantitative estimate of drug-likeness (QED) is 0.785. The van der Waals surface area contributed by atoms with Gasteiger partial charge in [0.1, 0.15) is 11.6 Å². The third kappa shape index (κ3) is 2.19. The molecule has 0 aliphatic rings. The SMILES string of the molecule is Cc1noc(C)c1C(C)(C)C(=O)n1nc(N)c2cc(F)ccc21. The minimum Gasteiger partial charge on any atom is -0.382 e. The van der Waals surface area contributed by atoms with Crippen LogP contribution in [0.2, 0.25) is 0 Å². The molecular formula is C16H17FN4O2. The number of fused-ring (bicyclic) bond motifs is 1. The monoisotopic (exact) mass is 316 g/mol. The van der Waals surface area contributed by atoms with Gasteiger partial charge in [-0.25, -0.2) is 4.39 Å². The van der Waals surface area contributed by atoms with Crippen LogP contribution in [0.15, 0.2) is 22.7 Å². The van der Waals surface area contributed by atoms with Crippen LogP contribution in [0, 0.1) is 19.7 Å². The summed E-state index contributed by atoms with van der Waals surface area (Å²) < 4.78 is 19.8. The second-order valence-electron chi connectivity index (χ2n) is 6.09. The summed E-state index contributed by atoms with van der Waals surface area (Å²) >= 11 is 0. The highest BCUT2D eigenvalue weighted by Crippen LogP contribution is 2.32. The van der Waals surface area contributed by atoms with E-state index in [2.05, 4.69) is 10.3 Å². The van der Waals surface area contributed by atoms with E-state index in [9.17, 15) is 9.18 Å². The van der Waals surface area contributed by atoms with E-state index in [-0.39, 0.29) is 11.7 Å². The van der Waals surface area contributed by atoms with Crippen LogP contribution < -0.4 is 5.73 Å². The number of hydrogen-bond acceptors (Lipinski definition) is 5. The molecule has 0 fully saturated rings. The largest absolute Gasteiger partial charge is 0.382 e. The van der Waals surface area contributed by atoms with Gasteiger partial charge in [-0.3, -0.25) is 4.79 Å². The summed E-state index contributed by atoms with van der Waals surface area (Å²) in [5.74, 6) is -0.0277. The molecule has 7 heteroatoms. The number of anilines is 1. The van der Waals surface area contributed by atoms with Gasteiger partial charge in [-0.1, -0.05) is 5.16 Å². The Hall–Kier alpha value is -2.70. The Kier molecular flexibility index (Phi) is 3.24. The average Bonchev–Trinajstić information content (AvgIpc) is 2.99. The van der Waals surface area contributed by atoms with Crippen LogP contribution in [0.4, 0.5) is 10.2 Å². The van der Waals surface area contributed by atoms with Crippen molar-refractivity contribution in [1.82, 2.24) is 14.9 Å². The Morgan fingerprint density at radius 3 is 2.65 bits per heavy atom. The molecule has 2 aromatic heterocycles. The molecule has 0 amide bonds. The summed E-state index contributed by atoms with van der Waals surface area (Å²) in [7, 11) is 0. The second-order valence-corrected chi connectivity index (χ2v) is 6.09. The number of nitrogens with two attached hydrogens (primary N) is 1. The lowest BCUT2D eigenvalue weighted by atomic mass is 9.82. The van der Waals surface area contributed by atoms with Gasteiger partial charge in [0.15, 0.2) is 5.82 Å².